The zero-order valence-electron chi connectivity index (χ0n) is 17.6. The van der Waals surface area contributed by atoms with Gasteiger partial charge in [-0.05, 0) is 13.0 Å². The summed E-state index contributed by atoms with van der Waals surface area (Å²) in [4.78, 5) is 21.8. The first-order valence-electron chi connectivity index (χ1n) is 11.3. The van der Waals surface area contributed by atoms with E-state index in [1.165, 1.54) is 89.9 Å². The average Bonchev–Trinajstić information content (AvgIpc) is 2.62. The van der Waals surface area contributed by atoms with Gasteiger partial charge in [-0.25, -0.2) is 0 Å². The molecular weight excluding hydrogens is 340 g/mol. The van der Waals surface area contributed by atoms with Crippen molar-refractivity contribution in [1.82, 2.24) is 5.32 Å². The van der Waals surface area contributed by atoms with Gasteiger partial charge >= 0.3 is 5.97 Å². The highest BCUT2D eigenvalue weighted by Gasteiger charge is 2.18. The van der Waals surface area contributed by atoms with Crippen LogP contribution in [-0.2, 0) is 9.59 Å². The molecule has 1 unspecified atom stereocenters. The van der Waals surface area contributed by atoms with Gasteiger partial charge in [0.2, 0.25) is 5.91 Å². The second-order valence-corrected chi connectivity index (χ2v) is 7.82. The molecular formula is C22H44N2O3. The number of carbonyl (C=O) groups excluding carboxylic acids is 1. The number of nitrogens with two attached hydrogens (primary N) is 1. The quantitative estimate of drug-likeness (QED) is 0.238. The summed E-state index contributed by atoms with van der Waals surface area (Å²) in [7, 11) is 0. The topological polar surface area (TPSA) is 92.4 Å². The summed E-state index contributed by atoms with van der Waals surface area (Å²) < 4.78 is 0. The van der Waals surface area contributed by atoms with E-state index in [1.807, 2.05) is 0 Å². The van der Waals surface area contributed by atoms with Gasteiger partial charge in [0.15, 0.2) is 0 Å². The summed E-state index contributed by atoms with van der Waals surface area (Å²) >= 11 is 0. The van der Waals surface area contributed by atoms with Crippen LogP contribution in [0.1, 0.15) is 116 Å². The van der Waals surface area contributed by atoms with E-state index in [-0.39, 0.29) is 6.42 Å². The summed E-state index contributed by atoms with van der Waals surface area (Å²) in [5.41, 5.74) is 5.05. The van der Waals surface area contributed by atoms with E-state index in [1.54, 1.807) is 0 Å². The van der Waals surface area contributed by atoms with Crippen LogP contribution in [0.4, 0.5) is 0 Å². The zero-order valence-corrected chi connectivity index (χ0v) is 17.6. The number of carboxylic acid groups (broad SMARTS) is 1. The minimum Gasteiger partial charge on any atom is -0.480 e. The normalized spacial score (nSPS) is 12.2. The lowest BCUT2D eigenvalue weighted by atomic mass is 10.0. The number of hydrogen-bond donors (Lipinski definition) is 3. The Kier molecular flexibility index (Phi) is 18.9. The van der Waals surface area contributed by atoms with Crippen LogP contribution in [0, 0.1) is 0 Å². The Labute approximate surface area is 166 Å². The SMILES string of the molecule is CCCCCCCCCCCCCCCCCCNC(CC(N)=O)C(=O)O. The maximum absolute atomic E-state index is 11.0. The number of aliphatic carboxylic acids is 1. The highest BCUT2D eigenvalue weighted by molar-refractivity contribution is 5.83. The van der Waals surface area contributed by atoms with Crippen LogP contribution in [0.5, 0.6) is 0 Å². The Morgan fingerprint density at radius 1 is 0.741 bits per heavy atom. The average molecular weight is 385 g/mol. The van der Waals surface area contributed by atoms with Crippen LogP contribution in [0.3, 0.4) is 0 Å². The molecule has 1 atom stereocenters. The molecule has 160 valence electrons. The smallest absolute Gasteiger partial charge is 0.321 e. The number of hydrogen-bond acceptors (Lipinski definition) is 3. The molecule has 0 aliphatic carbocycles. The number of rotatable bonds is 21. The fourth-order valence-corrected chi connectivity index (χ4v) is 3.40. The van der Waals surface area contributed by atoms with E-state index < -0.39 is 17.9 Å². The molecule has 5 heteroatoms. The van der Waals surface area contributed by atoms with Gasteiger partial charge in [-0.2, -0.15) is 0 Å². The maximum Gasteiger partial charge on any atom is 0.321 e. The molecule has 0 fully saturated rings. The van der Waals surface area contributed by atoms with Crippen molar-refractivity contribution in [2.24, 2.45) is 5.73 Å². The van der Waals surface area contributed by atoms with Crippen molar-refractivity contribution in [1.29, 1.82) is 0 Å². The highest BCUT2D eigenvalue weighted by Crippen LogP contribution is 2.13. The molecule has 0 radical (unpaired) electrons. The standard InChI is InChI=1S/C22H44N2O3/c1-2-3-4-5-6-7-8-9-10-11-12-13-14-15-16-17-18-24-20(22(26)27)19-21(23)25/h20,24H,2-19H2,1H3,(H2,23,25)(H,26,27). The predicted molar refractivity (Wildman–Crippen MR) is 113 cm³/mol. The third kappa shape index (κ3) is 19.5. The Hall–Kier alpha value is -1.10. The van der Waals surface area contributed by atoms with Gasteiger partial charge in [-0.15, -0.1) is 0 Å². The summed E-state index contributed by atoms with van der Waals surface area (Å²) in [6.45, 7) is 2.89. The highest BCUT2D eigenvalue weighted by atomic mass is 16.4. The third-order valence-corrected chi connectivity index (χ3v) is 5.12. The van der Waals surface area contributed by atoms with Crippen molar-refractivity contribution in [2.75, 3.05) is 6.54 Å². The predicted octanol–water partition coefficient (Wildman–Crippen LogP) is 5.17. The second-order valence-electron chi connectivity index (χ2n) is 7.82. The monoisotopic (exact) mass is 384 g/mol. The van der Waals surface area contributed by atoms with Crippen LogP contribution < -0.4 is 11.1 Å². The summed E-state index contributed by atoms with van der Waals surface area (Å²) in [5, 5.41) is 11.9. The largest absolute Gasteiger partial charge is 0.480 e. The van der Waals surface area contributed by atoms with E-state index in [4.69, 9.17) is 10.8 Å². The van der Waals surface area contributed by atoms with E-state index in [0.717, 1.165) is 12.8 Å². The van der Waals surface area contributed by atoms with Crippen molar-refractivity contribution in [3.05, 3.63) is 0 Å². The third-order valence-electron chi connectivity index (χ3n) is 5.12. The van der Waals surface area contributed by atoms with Crippen LogP contribution in [0.15, 0.2) is 0 Å². The van der Waals surface area contributed by atoms with Gasteiger partial charge in [0, 0.05) is 0 Å². The minimum absolute atomic E-state index is 0.145. The molecule has 0 aromatic carbocycles. The van der Waals surface area contributed by atoms with Gasteiger partial charge in [-0.3, -0.25) is 9.59 Å². The van der Waals surface area contributed by atoms with Crippen molar-refractivity contribution < 1.29 is 14.7 Å². The van der Waals surface area contributed by atoms with Crippen molar-refractivity contribution in [3.63, 3.8) is 0 Å². The van der Waals surface area contributed by atoms with E-state index in [9.17, 15) is 9.59 Å². The Morgan fingerprint density at radius 3 is 1.44 bits per heavy atom. The lowest BCUT2D eigenvalue weighted by molar-refractivity contribution is -0.141. The molecule has 0 aromatic heterocycles. The Bertz CT molecular complexity index is 361. The molecule has 5 nitrogen and oxygen atoms in total. The molecule has 0 aliphatic heterocycles. The minimum atomic E-state index is -1.01. The molecule has 0 aromatic rings. The fraction of sp³-hybridized carbons (Fsp3) is 0.909. The first-order valence-corrected chi connectivity index (χ1v) is 11.3. The van der Waals surface area contributed by atoms with Crippen molar-refractivity contribution >= 4 is 11.9 Å². The van der Waals surface area contributed by atoms with Gasteiger partial charge in [0.05, 0.1) is 6.42 Å². The molecule has 0 spiro atoms. The molecule has 0 saturated heterocycles. The van der Waals surface area contributed by atoms with E-state index >= 15 is 0 Å². The molecule has 1 amide bonds. The molecule has 0 heterocycles. The number of amides is 1. The van der Waals surface area contributed by atoms with Gasteiger partial charge < -0.3 is 16.2 Å². The molecule has 4 N–H and O–H groups in total. The molecule has 0 saturated carbocycles. The van der Waals surface area contributed by atoms with Crippen LogP contribution in [-0.4, -0.2) is 29.6 Å². The van der Waals surface area contributed by atoms with Crippen molar-refractivity contribution in [2.45, 2.75) is 122 Å². The molecule has 27 heavy (non-hydrogen) atoms. The number of nitrogens with one attached hydrogen (secondary N) is 1. The number of unbranched alkanes of at least 4 members (excludes halogenated alkanes) is 15. The fourth-order valence-electron chi connectivity index (χ4n) is 3.40. The van der Waals surface area contributed by atoms with Gasteiger partial charge in [0.25, 0.3) is 0 Å². The zero-order chi connectivity index (χ0) is 20.2. The van der Waals surface area contributed by atoms with Crippen LogP contribution in [0.2, 0.25) is 0 Å². The summed E-state index contributed by atoms with van der Waals surface area (Å²) in [6.07, 6.45) is 21.0. The number of primary amides is 1. The van der Waals surface area contributed by atoms with Gasteiger partial charge in [-0.1, -0.05) is 103 Å². The number of carboxylic acids is 1. The Balaban J connectivity index is 3.24. The summed E-state index contributed by atoms with van der Waals surface area (Å²) in [5.74, 6) is -1.59. The lowest BCUT2D eigenvalue weighted by Crippen LogP contribution is -2.40. The Morgan fingerprint density at radius 2 is 1.11 bits per heavy atom. The lowest BCUT2D eigenvalue weighted by Gasteiger charge is -2.12. The van der Waals surface area contributed by atoms with Crippen molar-refractivity contribution in [3.8, 4) is 0 Å². The first kappa shape index (κ1) is 25.9. The molecule has 0 aliphatic rings. The van der Waals surface area contributed by atoms with E-state index in [0.29, 0.717) is 6.54 Å². The van der Waals surface area contributed by atoms with Crippen LogP contribution >= 0.6 is 0 Å². The molecule has 0 bridgehead atoms. The molecule has 0 rings (SSSR count). The number of carbonyl (C=O) groups is 2. The first-order chi connectivity index (χ1) is 13.1. The second kappa shape index (κ2) is 19.7. The van der Waals surface area contributed by atoms with Gasteiger partial charge in [0.1, 0.15) is 6.04 Å². The van der Waals surface area contributed by atoms with Crippen LogP contribution in [0.25, 0.3) is 0 Å². The summed E-state index contributed by atoms with van der Waals surface area (Å²) in [6, 6.07) is -0.848. The maximum atomic E-state index is 11.0. The van der Waals surface area contributed by atoms with E-state index in [2.05, 4.69) is 12.2 Å².